The maximum absolute atomic E-state index is 5.33. The molecule has 5 N–H and O–H groups in total. The molecule has 1 aliphatic rings. The molecule has 88 valence electrons. The molecule has 1 atom stereocenters. The Hall–Kier alpha value is -0.770. The lowest BCUT2D eigenvalue weighted by molar-refractivity contribution is 0.334. The van der Waals surface area contributed by atoms with E-state index in [1.807, 2.05) is 0 Å². The molecule has 4 nitrogen and oxygen atoms in total. The monoisotopic (exact) mass is 212 g/mol. The van der Waals surface area contributed by atoms with Crippen molar-refractivity contribution in [2.24, 2.45) is 16.5 Å². The molecule has 1 saturated carbocycles. The molecule has 0 amide bonds. The number of aliphatic imine (C=N–C) groups is 1. The summed E-state index contributed by atoms with van der Waals surface area (Å²) in [5.41, 5.74) is 10.7. The lowest BCUT2D eigenvalue weighted by atomic mass is 9.94. The lowest BCUT2D eigenvalue weighted by Crippen LogP contribution is -2.41. The first-order valence-electron chi connectivity index (χ1n) is 6.03. The van der Waals surface area contributed by atoms with Gasteiger partial charge >= 0.3 is 0 Å². The summed E-state index contributed by atoms with van der Waals surface area (Å²) in [6.45, 7) is 2.87. The van der Waals surface area contributed by atoms with Crippen LogP contribution in [-0.2, 0) is 0 Å². The SMILES string of the molecule is CCC(CN=C(N)N)NC1CCCCC1. The molecule has 0 saturated heterocycles. The largest absolute Gasteiger partial charge is 0.370 e. The van der Waals surface area contributed by atoms with Gasteiger partial charge < -0.3 is 16.8 Å². The zero-order chi connectivity index (χ0) is 11.1. The van der Waals surface area contributed by atoms with Gasteiger partial charge in [0.1, 0.15) is 0 Å². The molecule has 1 aliphatic carbocycles. The molecule has 0 aromatic rings. The van der Waals surface area contributed by atoms with Gasteiger partial charge in [-0.3, -0.25) is 4.99 Å². The van der Waals surface area contributed by atoms with Crippen molar-refractivity contribution in [3.05, 3.63) is 0 Å². The van der Waals surface area contributed by atoms with Crippen LogP contribution < -0.4 is 16.8 Å². The normalized spacial score (nSPS) is 19.8. The van der Waals surface area contributed by atoms with Crippen molar-refractivity contribution in [3.63, 3.8) is 0 Å². The van der Waals surface area contributed by atoms with Crippen molar-refractivity contribution in [1.82, 2.24) is 5.32 Å². The Labute approximate surface area is 92.5 Å². The number of rotatable bonds is 5. The highest BCUT2D eigenvalue weighted by molar-refractivity contribution is 5.75. The second kappa shape index (κ2) is 6.67. The fourth-order valence-corrected chi connectivity index (χ4v) is 2.12. The van der Waals surface area contributed by atoms with Gasteiger partial charge in [0.2, 0.25) is 0 Å². The third-order valence-electron chi connectivity index (χ3n) is 3.06. The summed E-state index contributed by atoms with van der Waals surface area (Å²) >= 11 is 0. The smallest absolute Gasteiger partial charge is 0.185 e. The van der Waals surface area contributed by atoms with Crippen molar-refractivity contribution < 1.29 is 0 Å². The van der Waals surface area contributed by atoms with Crippen LogP contribution in [0.3, 0.4) is 0 Å². The molecule has 15 heavy (non-hydrogen) atoms. The summed E-state index contributed by atoms with van der Waals surface area (Å²) in [5, 5.41) is 3.64. The van der Waals surface area contributed by atoms with Gasteiger partial charge in [0.05, 0.1) is 6.54 Å². The van der Waals surface area contributed by atoms with Crippen LogP contribution in [-0.4, -0.2) is 24.6 Å². The van der Waals surface area contributed by atoms with Crippen LogP contribution in [0.4, 0.5) is 0 Å². The Bertz CT molecular complexity index is 193. The molecule has 0 aromatic heterocycles. The fraction of sp³-hybridized carbons (Fsp3) is 0.909. The highest BCUT2D eigenvalue weighted by Crippen LogP contribution is 2.18. The van der Waals surface area contributed by atoms with E-state index in [1.165, 1.54) is 32.1 Å². The molecule has 0 bridgehead atoms. The van der Waals surface area contributed by atoms with Gasteiger partial charge in [-0.05, 0) is 19.3 Å². The van der Waals surface area contributed by atoms with E-state index in [4.69, 9.17) is 11.5 Å². The minimum Gasteiger partial charge on any atom is -0.370 e. The minimum atomic E-state index is 0.193. The van der Waals surface area contributed by atoms with E-state index in [2.05, 4.69) is 17.2 Å². The van der Waals surface area contributed by atoms with Crippen LogP contribution in [0.15, 0.2) is 4.99 Å². The maximum Gasteiger partial charge on any atom is 0.185 e. The molecular formula is C11H24N4. The second-order valence-electron chi connectivity index (χ2n) is 4.37. The summed E-state index contributed by atoms with van der Waals surface area (Å²) in [6, 6.07) is 1.10. The van der Waals surface area contributed by atoms with Gasteiger partial charge in [-0.1, -0.05) is 26.2 Å². The van der Waals surface area contributed by atoms with Crippen LogP contribution in [0.5, 0.6) is 0 Å². The Kier molecular flexibility index (Phi) is 5.47. The van der Waals surface area contributed by atoms with E-state index < -0.39 is 0 Å². The molecule has 0 radical (unpaired) electrons. The predicted octanol–water partition coefficient (Wildman–Crippen LogP) is 0.961. The van der Waals surface area contributed by atoms with Crippen molar-refractivity contribution in [2.75, 3.05) is 6.54 Å². The van der Waals surface area contributed by atoms with Crippen molar-refractivity contribution >= 4 is 5.96 Å². The summed E-state index contributed by atoms with van der Waals surface area (Å²) in [7, 11) is 0. The molecule has 4 heteroatoms. The van der Waals surface area contributed by atoms with E-state index in [0.717, 1.165) is 6.42 Å². The molecule has 1 rings (SSSR count). The van der Waals surface area contributed by atoms with Crippen LogP contribution >= 0.6 is 0 Å². The Morgan fingerprint density at radius 3 is 2.53 bits per heavy atom. The Morgan fingerprint density at radius 2 is 2.00 bits per heavy atom. The zero-order valence-corrected chi connectivity index (χ0v) is 9.71. The van der Waals surface area contributed by atoms with Gasteiger partial charge in [0.25, 0.3) is 0 Å². The van der Waals surface area contributed by atoms with Gasteiger partial charge in [0.15, 0.2) is 5.96 Å². The Morgan fingerprint density at radius 1 is 1.33 bits per heavy atom. The third kappa shape index (κ3) is 5.02. The molecule has 0 heterocycles. The number of nitrogens with two attached hydrogens (primary N) is 2. The zero-order valence-electron chi connectivity index (χ0n) is 9.71. The molecule has 0 spiro atoms. The summed E-state index contributed by atoms with van der Waals surface area (Å²) < 4.78 is 0. The third-order valence-corrected chi connectivity index (χ3v) is 3.06. The second-order valence-corrected chi connectivity index (χ2v) is 4.37. The molecule has 0 aromatic carbocycles. The van der Waals surface area contributed by atoms with Crippen LogP contribution in [0, 0.1) is 0 Å². The van der Waals surface area contributed by atoms with Crippen LogP contribution in [0.1, 0.15) is 45.4 Å². The number of hydrogen-bond acceptors (Lipinski definition) is 2. The number of nitrogens with one attached hydrogen (secondary N) is 1. The lowest BCUT2D eigenvalue weighted by Gasteiger charge is -2.27. The van der Waals surface area contributed by atoms with Crippen molar-refractivity contribution in [2.45, 2.75) is 57.5 Å². The number of guanidine groups is 1. The van der Waals surface area contributed by atoms with Crippen LogP contribution in [0.2, 0.25) is 0 Å². The topological polar surface area (TPSA) is 76.4 Å². The average molecular weight is 212 g/mol. The molecule has 0 aliphatic heterocycles. The van der Waals surface area contributed by atoms with Gasteiger partial charge in [-0.25, -0.2) is 0 Å². The standard InChI is InChI=1S/C11H24N4/c1-2-9(8-14-11(12)13)15-10-6-4-3-5-7-10/h9-10,15H,2-8H2,1H3,(H4,12,13,14). The van der Waals surface area contributed by atoms with Crippen LogP contribution in [0.25, 0.3) is 0 Å². The van der Waals surface area contributed by atoms with E-state index in [0.29, 0.717) is 18.6 Å². The first-order valence-corrected chi connectivity index (χ1v) is 6.03. The van der Waals surface area contributed by atoms with E-state index in [-0.39, 0.29) is 5.96 Å². The highest BCUT2D eigenvalue weighted by atomic mass is 15.0. The summed E-state index contributed by atoms with van der Waals surface area (Å²) in [5.74, 6) is 0.193. The van der Waals surface area contributed by atoms with E-state index in [1.54, 1.807) is 0 Å². The van der Waals surface area contributed by atoms with Gasteiger partial charge in [-0.15, -0.1) is 0 Å². The first-order chi connectivity index (χ1) is 7.22. The molecule has 1 fully saturated rings. The summed E-state index contributed by atoms with van der Waals surface area (Å²) in [6.07, 6.45) is 7.79. The molecular weight excluding hydrogens is 188 g/mol. The van der Waals surface area contributed by atoms with Crippen molar-refractivity contribution in [3.8, 4) is 0 Å². The Balaban J connectivity index is 2.28. The van der Waals surface area contributed by atoms with E-state index in [9.17, 15) is 0 Å². The van der Waals surface area contributed by atoms with E-state index >= 15 is 0 Å². The predicted molar refractivity (Wildman–Crippen MR) is 64.8 cm³/mol. The number of nitrogens with zero attached hydrogens (tertiary/aromatic N) is 1. The quantitative estimate of drug-likeness (QED) is 0.469. The summed E-state index contributed by atoms with van der Waals surface area (Å²) in [4.78, 5) is 4.07. The first kappa shape index (κ1) is 12.3. The average Bonchev–Trinajstić information content (AvgIpc) is 2.25. The van der Waals surface area contributed by atoms with Gasteiger partial charge in [0, 0.05) is 12.1 Å². The highest BCUT2D eigenvalue weighted by Gasteiger charge is 2.16. The molecule has 1 unspecified atom stereocenters. The fourth-order valence-electron chi connectivity index (χ4n) is 2.12. The minimum absolute atomic E-state index is 0.193. The number of hydrogen-bond donors (Lipinski definition) is 3. The maximum atomic E-state index is 5.33. The van der Waals surface area contributed by atoms with Gasteiger partial charge in [-0.2, -0.15) is 0 Å². The van der Waals surface area contributed by atoms with Crippen molar-refractivity contribution in [1.29, 1.82) is 0 Å².